The molecule has 0 spiro atoms. The van der Waals surface area contributed by atoms with E-state index >= 15 is 0 Å². The number of ether oxygens (including phenoxy) is 6. The van der Waals surface area contributed by atoms with Gasteiger partial charge in [0.05, 0.1) is 5.41 Å². The first-order valence-electron chi connectivity index (χ1n) is 14.4. The molecule has 9 nitrogen and oxygen atoms in total. The largest absolute Gasteiger partial charge is 0.457 e. The van der Waals surface area contributed by atoms with Crippen molar-refractivity contribution in [2.24, 2.45) is 0 Å². The first-order valence-corrected chi connectivity index (χ1v) is 14.4. The second kappa shape index (κ2) is 11.1. The summed E-state index contributed by atoms with van der Waals surface area (Å²) in [6.07, 6.45) is 1.85. The lowest BCUT2D eigenvalue weighted by Crippen LogP contribution is -2.53. The highest BCUT2D eigenvalue weighted by Crippen LogP contribution is 2.55. The van der Waals surface area contributed by atoms with Crippen LogP contribution in [-0.2, 0) is 40.5 Å². The summed E-state index contributed by atoms with van der Waals surface area (Å²) < 4.78 is 34.9. The van der Waals surface area contributed by atoms with Gasteiger partial charge in [-0.2, -0.15) is 0 Å². The number of hydrogen-bond acceptors (Lipinski definition) is 9. The molecule has 0 radical (unpaired) electrons. The standard InChI is InChI=1S/C34H33NO8/c1-38-30(21-9-5-3-6-10-21)32(36)42-24-13-14-34-25-17-27-26(40-20-41-27)15-23(25)18-35(28(34)16-24)19-29(34)43-33(37)31(39-2)22-11-7-4-8-12-22/h3-15,17,24,28-31H,16,18-20H2,1-2H3/t24-,28+,29-,30?,31?,34+/m1/s1. The van der Waals surface area contributed by atoms with E-state index in [-0.39, 0.29) is 12.8 Å². The molecule has 0 N–H and O–H groups in total. The van der Waals surface area contributed by atoms with Crippen LogP contribution in [0.1, 0.15) is 40.9 Å². The fourth-order valence-corrected chi connectivity index (χ4v) is 7.12. The van der Waals surface area contributed by atoms with Gasteiger partial charge in [0.2, 0.25) is 6.79 Å². The summed E-state index contributed by atoms with van der Waals surface area (Å²) in [5.74, 6) is 0.485. The Bertz CT molecular complexity index is 1540. The quantitative estimate of drug-likeness (QED) is 0.282. The Hall–Kier alpha value is -4.18. The van der Waals surface area contributed by atoms with E-state index in [9.17, 15) is 9.59 Å². The lowest BCUT2D eigenvalue weighted by Gasteiger charge is -2.46. The first-order chi connectivity index (χ1) is 21.0. The molecule has 3 unspecified atom stereocenters. The highest BCUT2D eigenvalue weighted by atomic mass is 16.7. The second-order valence-corrected chi connectivity index (χ2v) is 11.3. The maximum atomic E-state index is 13.6. The first kappa shape index (κ1) is 27.6. The van der Waals surface area contributed by atoms with Gasteiger partial charge in [-0.15, -0.1) is 0 Å². The number of nitrogens with zero attached hydrogens (tertiary/aromatic N) is 1. The van der Waals surface area contributed by atoms with Crippen LogP contribution in [0.2, 0.25) is 0 Å². The van der Waals surface area contributed by atoms with E-state index in [1.807, 2.05) is 78.9 Å². The van der Waals surface area contributed by atoms with Gasteiger partial charge in [0, 0.05) is 39.8 Å². The van der Waals surface area contributed by atoms with Crippen LogP contribution < -0.4 is 9.47 Å². The number of carbonyl (C=O) groups excluding carboxylic acids is 2. The SMILES string of the molecule is COC(C(=O)O[C@@H]1C=C[C@@]23c4cc5c(cc4CN(C[C@H]2OC(=O)C(OC)c2ccccc2)[C@H]3C1)OCO5)c1ccccc1. The summed E-state index contributed by atoms with van der Waals surface area (Å²) in [5, 5.41) is 0. The number of methoxy groups -OCH3 is 2. The van der Waals surface area contributed by atoms with Gasteiger partial charge in [-0.1, -0.05) is 66.7 Å². The zero-order chi connectivity index (χ0) is 29.6. The highest BCUT2D eigenvalue weighted by Gasteiger charge is 2.61. The van der Waals surface area contributed by atoms with E-state index < -0.39 is 41.8 Å². The Balaban J connectivity index is 1.21. The van der Waals surface area contributed by atoms with Crippen LogP contribution >= 0.6 is 0 Å². The summed E-state index contributed by atoms with van der Waals surface area (Å²) in [7, 11) is 3.01. The van der Waals surface area contributed by atoms with Crippen LogP contribution in [0.3, 0.4) is 0 Å². The highest BCUT2D eigenvalue weighted by molar-refractivity contribution is 5.78. The molecule has 7 atom stereocenters. The van der Waals surface area contributed by atoms with Gasteiger partial charge in [0.1, 0.15) is 12.2 Å². The van der Waals surface area contributed by atoms with Gasteiger partial charge in [-0.05, 0) is 40.5 Å². The smallest absolute Gasteiger partial charge is 0.340 e. The minimum atomic E-state index is -0.854. The summed E-state index contributed by atoms with van der Waals surface area (Å²) in [4.78, 5) is 29.2. The third-order valence-electron chi connectivity index (χ3n) is 9.04. The molecule has 43 heavy (non-hydrogen) atoms. The molecule has 9 heteroatoms. The maximum absolute atomic E-state index is 13.6. The molecule has 1 fully saturated rings. The monoisotopic (exact) mass is 583 g/mol. The zero-order valence-corrected chi connectivity index (χ0v) is 24.0. The Labute approximate surface area is 249 Å². The van der Waals surface area contributed by atoms with E-state index in [2.05, 4.69) is 11.0 Å². The molecule has 2 bridgehead atoms. The van der Waals surface area contributed by atoms with E-state index in [1.165, 1.54) is 14.2 Å². The van der Waals surface area contributed by atoms with Crippen molar-refractivity contribution in [3.63, 3.8) is 0 Å². The topological polar surface area (TPSA) is 92.8 Å². The molecule has 0 saturated carbocycles. The summed E-state index contributed by atoms with van der Waals surface area (Å²) in [6, 6.07) is 22.6. The van der Waals surface area contributed by atoms with Gasteiger partial charge < -0.3 is 28.4 Å². The molecule has 1 saturated heterocycles. The molecule has 7 rings (SSSR count). The molecule has 0 amide bonds. The van der Waals surface area contributed by atoms with Crippen LogP contribution in [0.5, 0.6) is 11.5 Å². The van der Waals surface area contributed by atoms with E-state index in [0.717, 1.165) is 22.3 Å². The van der Waals surface area contributed by atoms with E-state index in [1.54, 1.807) is 0 Å². The molecule has 222 valence electrons. The average Bonchev–Trinajstić information content (AvgIpc) is 3.57. The van der Waals surface area contributed by atoms with Crippen molar-refractivity contribution in [2.45, 2.75) is 48.8 Å². The third-order valence-corrected chi connectivity index (χ3v) is 9.04. The summed E-state index contributed by atoms with van der Waals surface area (Å²) in [6.45, 7) is 1.32. The van der Waals surface area contributed by atoms with Gasteiger partial charge in [0.15, 0.2) is 23.7 Å². The van der Waals surface area contributed by atoms with E-state index in [4.69, 9.17) is 28.4 Å². The fraction of sp³-hybridized carbons (Fsp3) is 0.353. The Kier molecular flexibility index (Phi) is 7.17. The Morgan fingerprint density at radius 1 is 0.860 bits per heavy atom. The molecular weight excluding hydrogens is 550 g/mol. The van der Waals surface area contributed by atoms with Crippen LogP contribution in [0.25, 0.3) is 0 Å². The molecule has 4 aliphatic rings. The molecule has 0 aromatic heterocycles. The normalized spacial score (nSPS) is 27.5. The number of rotatable bonds is 8. The summed E-state index contributed by atoms with van der Waals surface area (Å²) >= 11 is 0. The maximum Gasteiger partial charge on any atom is 0.340 e. The number of fused-ring (bicyclic) bond motifs is 2. The van der Waals surface area contributed by atoms with Crippen molar-refractivity contribution in [1.29, 1.82) is 0 Å². The van der Waals surface area contributed by atoms with Crippen molar-refractivity contribution in [3.05, 3.63) is 107 Å². The zero-order valence-electron chi connectivity index (χ0n) is 24.0. The van der Waals surface area contributed by atoms with Crippen LogP contribution in [-0.4, -0.2) is 62.6 Å². The van der Waals surface area contributed by atoms with Crippen LogP contribution in [0.4, 0.5) is 0 Å². The summed E-state index contributed by atoms with van der Waals surface area (Å²) in [5.41, 5.74) is 2.90. The van der Waals surface area contributed by atoms with Crippen molar-refractivity contribution in [2.75, 3.05) is 27.6 Å². The number of benzene rings is 3. The fourth-order valence-electron chi connectivity index (χ4n) is 7.12. The van der Waals surface area contributed by atoms with Crippen molar-refractivity contribution < 1.29 is 38.0 Å². The average molecular weight is 584 g/mol. The van der Waals surface area contributed by atoms with E-state index in [0.29, 0.717) is 31.0 Å². The molecule has 1 aliphatic carbocycles. The predicted molar refractivity (Wildman–Crippen MR) is 154 cm³/mol. The minimum Gasteiger partial charge on any atom is -0.457 e. The van der Waals surface area contributed by atoms with Gasteiger partial charge >= 0.3 is 11.9 Å². The number of hydrogen-bond donors (Lipinski definition) is 0. The van der Waals surface area contributed by atoms with Crippen molar-refractivity contribution >= 4 is 11.9 Å². The molecule has 3 aliphatic heterocycles. The van der Waals surface area contributed by atoms with Gasteiger partial charge in [-0.25, -0.2) is 9.59 Å². The van der Waals surface area contributed by atoms with Crippen molar-refractivity contribution in [3.8, 4) is 11.5 Å². The predicted octanol–water partition coefficient (Wildman–Crippen LogP) is 4.41. The minimum absolute atomic E-state index is 0.0867. The van der Waals surface area contributed by atoms with Gasteiger partial charge in [0.25, 0.3) is 0 Å². The lowest BCUT2D eigenvalue weighted by molar-refractivity contribution is -0.163. The van der Waals surface area contributed by atoms with Crippen LogP contribution in [0, 0.1) is 0 Å². The molecule has 3 aromatic rings. The lowest BCUT2D eigenvalue weighted by atomic mass is 9.65. The molecule has 3 heterocycles. The molecular formula is C34H33NO8. The van der Waals surface area contributed by atoms with Crippen molar-refractivity contribution in [1.82, 2.24) is 4.90 Å². The third kappa shape index (κ3) is 4.68. The van der Waals surface area contributed by atoms with Crippen LogP contribution in [0.15, 0.2) is 84.9 Å². The molecule has 3 aromatic carbocycles. The number of esters is 2. The second-order valence-electron chi connectivity index (χ2n) is 11.3. The number of carbonyl (C=O) groups is 2. The van der Waals surface area contributed by atoms with Gasteiger partial charge in [-0.3, -0.25) is 4.90 Å². The Morgan fingerprint density at radius 3 is 2.09 bits per heavy atom. The Morgan fingerprint density at radius 2 is 1.47 bits per heavy atom.